The van der Waals surface area contributed by atoms with E-state index in [1.165, 1.54) is 0 Å². The van der Waals surface area contributed by atoms with Gasteiger partial charge in [-0.3, -0.25) is 4.79 Å². The van der Waals surface area contributed by atoms with Crippen molar-refractivity contribution in [3.63, 3.8) is 0 Å². The second kappa shape index (κ2) is 8.16. The first-order chi connectivity index (χ1) is 8.65. The molecule has 0 aromatic heterocycles. The Bertz CT molecular complexity index is 356. The lowest BCUT2D eigenvalue weighted by molar-refractivity contribution is -0.129. The van der Waals surface area contributed by atoms with Gasteiger partial charge in [0.05, 0.1) is 5.25 Å². The summed E-state index contributed by atoms with van der Waals surface area (Å²) in [5.74, 6) is 0.0956. The highest BCUT2D eigenvalue weighted by Crippen LogP contribution is 2.10. The van der Waals surface area contributed by atoms with E-state index in [1.54, 1.807) is 4.90 Å². The summed E-state index contributed by atoms with van der Waals surface area (Å²) in [5.41, 5.74) is 1.15. The van der Waals surface area contributed by atoms with Gasteiger partial charge in [-0.1, -0.05) is 30.3 Å². The molecular weight excluding hydrogens is 244 g/mol. The number of carbonyl (C=O) groups excluding carboxylic acids is 1. The quantitative estimate of drug-likeness (QED) is 0.580. The number of rotatable bonds is 7. The molecule has 1 aromatic rings. The van der Waals surface area contributed by atoms with Crippen molar-refractivity contribution in [3.05, 3.63) is 35.9 Å². The highest BCUT2D eigenvalue weighted by Gasteiger charge is 2.18. The van der Waals surface area contributed by atoms with E-state index in [-0.39, 0.29) is 11.2 Å². The molecule has 0 aliphatic heterocycles. The number of hydrogen-bond donors (Lipinski definition) is 2. The lowest BCUT2D eigenvalue weighted by Gasteiger charge is -2.21. The van der Waals surface area contributed by atoms with E-state index in [0.717, 1.165) is 25.1 Å². The Morgan fingerprint density at radius 3 is 2.67 bits per heavy atom. The molecule has 0 aliphatic rings. The van der Waals surface area contributed by atoms with Gasteiger partial charge in [-0.15, -0.1) is 0 Å². The van der Waals surface area contributed by atoms with Crippen LogP contribution in [0, 0.1) is 0 Å². The van der Waals surface area contributed by atoms with Crippen molar-refractivity contribution in [1.29, 1.82) is 0 Å². The molecule has 1 N–H and O–H groups in total. The third-order valence-corrected chi connectivity index (χ3v) is 3.26. The van der Waals surface area contributed by atoms with Crippen LogP contribution in [0.2, 0.25) is 0 Å². The van der Waals surface area contributed by atoms with Gasteiger partial charge in [0.25, 0.3) is 0 Å². The summed E-state index contributed by atoms with van der Waals surface area (Å²) in [6, 6.07) is 9.99. The van der Waals surface area contributed by atoms with Crippen molar-refractivity contribution >= 4 is 18.5 Å². The van der Waals surface area contributed by atoms with Gasteiger partial charge in [0.2, 0.25) is 5.91 Å². The van der Waals surface area contributed by atoms with Gasteiger partial charge in [0, 0.05) is 13.6 Å². The molecule has 0 spiro atoms. The van der Waals surface area contributed by atoms with E-state index in [4.69, 9.17) is 0 Å². The second-order valence-electron chi connectivity index (χ2n) is 4.42. The first-order valence-corrected chi connectivity index (χ1v) is 6.78. The molecule has 0 radical (unpaired) electrons. The second-order valence-corrected chi connectivity index (χ2v) is 5.05. The van der Waals surface area contributed by atoms with E-state index in [1.807, 2.05) is 44.4 Å². The van der Waals surface area contributed by atoms with Crippen LogP contribution in [0.3, 0.4) is 0 Å². The van der Waals surface area contributed by atoms with Gasteiger partial charge in [0.15, 0.2) is 0 Å². The summed E-state index contributed by atoms with van der Waals surface area (Å²) in [5, 5.41) is 2.82. The number of carbonyl (C=O) groups is 1. The minimum absolute atomic E-state index is 0.0956. The first kappa shape index (κ1) is 15.1. The predicted octanol–water partition coefficient (Wildman–Crippen LogP) is 1.60. The molecule has 1 atom stereocenters. The van der Waals surface area contributed by atoms with Crippen molar-refractivity contribution in [3.8, 4) is 0 Å². The maximum absolute atomic E-state index is 12.1. The lowest BCUT2D eigenvalue weighted by atomic mass is 10.1. The van der Waals surface area contributed by atoms with Crippen LogP contribution in [0.4, 0.5) is 0 Å². The van der Waals surface area contributed by atoms with Crippen LogP contribution in [0.25, 0.3) is 0 Å². The standard InChI is InChI=1S/C14H22N2OS/c1-15-9-6-10-16(2)14(17)13(18)11-12-7-4-3-5-8-12/h3-5,7-8,13,15,18H,6,9-11H2,1-2H3. The smallest absolute Gasteiger partial charge is 0.235 e. The zero-order valence-corrected chi connectivity index (χ0v) is 12.0. The molecule has 18 heavy (non-hydrogen) atoms. The van der Waals surface area contributed by atoms with Gasteiger partial charge in [0.1, 0.15) is 0 Å². The maximum Gasteiger partial charge on any atom is 0.235 e. The Labute approximate surface area is 115 Å². The van der Waals surface area contributed by atoms with Crippen LogP contribution in [-0.2, 0) is 11.2 Å². The molecule has 0 heterocycles. The lowest BCUT2D eigenvalue weighted by Crippen LogP contribution is -2.36. The van der Waals surface area contributed by atoms with Crippen molar-refractivity contribution in [1.82, 2.24) is 10.2 Å². The van der Waals surface area contributed by atoms with Crippen LogP contribution < -0.4 is 5.32 Å². The number of thiol groups is 1. The van der Waals surface area contributed by atoms with Gasteiger partial charge in [-0.05, 0) is 32.0 Å². The highest BCUT2D eigenvalue weighted by atomic mass is 32.1. The monoisotopic (exact) mass is 266 g/mol. The summed E-state index contributed by atoms with van der Waals surface area (Å²) >= 11 is 4.41. The molecule has 0 saturated heterocycles. The summed E-state index contributed by atoms with van der Waals surface area (Å²) in [7, 11) is 3.75. The number of amides is 1. The molecule has 0 aliphatic carbocycles. The molecule has 1 amide bonds. The van der Waals surface area contributed by atoms with Crippen molar-refractivity contribution < 1.29 is 4.79 Å². The van der Waals surface area contributed by atoms with Crippen LogP contribution in [-0.4, -0.2) is 43.2 Å². The predicted molar refractivity (Wildman–Crippen MR) is 79.1 cm³/mol. The van der Waals surface area contributed by atoms with Crippen LogP contribution in [0.1, 0.15) is 12.0 Å². The topological polar surface area (TPSA) is 32.3 Å². The Hall–Kier alpha value is -1.00. The fraction of sp³-hybridized carbons (Fsp3) is 0.500. The molecular formula is C14H22N2OS. The van der Waals surface area contributed by atoms with E-state index >= 15 is 0 Å². The molecule has 1 rings (SSSR count). The summed E-state index contributed by atoms with van der Waals surface area (Å²) < 4.78 is 0. The van der Waals surface area contributed by atoms with E-state index in [0.29, 0.717) is 6.42 Å². The van der Waals surface area contributed by atoms with Crippen LogP contribution in [0.5, 0.6) is 0 Å². The van der Waals surface area contributed by atoms with Crippen molar-refractivity contribution in [2.45, 2.75) is 18.1 Å². The molecule has 3 nitrogen and oxygen atoms in total. The summed E-state index contributed by atoms with van der Waals surface area (Å²) in [4.78, 5) is 13.8. The van der Waals surface area contributed by atoms with Crippen LogP contribution >= 0.6 is 12.6 Å². The molecule has 0 bridgehead atoms. The fourth-order valence-corrected chi connectivity index (χ4v) is 2.19. The Morgan fingerprint density at radius 2 is 2.06 bits per heavy atom. The number of nitrogens with one attached hydrogen (secondary N) is 1. The van der Waals surface area contributed by atoms with E-state index in [9.17, 15) is 4.79 Å². The zero-order chi connectivity index (χ0) is 13.4. The van der Waals surface area contributed by atoms with E-state index in [2.05, 4.69) is 17.9 Å². The Kier molecular flexibility index (Phi) is 6.83. The third-order valence-electron chi connectivity index (χ3n) is 2.85. The van der Waals surface area contributed by atoms with Gasteiger partial charge in [-0.25, -0.2) is 0 Å². The number of benzene rings is 1. The summed E-state index contributed by atoms with van der Waals surface area (Å²) in [6.45, 7) is 1.69. The van der Waals surface area contributed by atoms with Crippen molar-refractivity contribution in [2.75, 3.05) is 27.2 Å². The molecule has 1 unspecified atom stereocenters. The molecule has 0 fully saturated rings. The minimum Gasteiger partial charge on any atom is -0.345 e. The molecule has 1 aromatic carbocycles. The minimum atomic E-state index is -0.257. The number of nitrogens with zero attached hydrogens (tertiary/aromatic N) is 1. The highest BCUT2D eigenvalue weighted by molar-refractivity contribution is 7.81. The van der Waals surface area contributed by atoms with Gasteiger partial charge >= 0.3 is 0 Å². The van der Waals surface area contributed by atoms with Gasteiger partial charge < -0.3 is 10.2 Å². The van der Waals surface area contributed by atoms with Gasteiger partial charge in [-0.2, -0.15) is 12.6 Å². The number of hydrogen-bond acceptors (Lipinski definition) is 3. The maximum atomic E-state index is 12.1. The van der Waals surface area contributed by atoms with Crippen LogP contribution in [0.15, 0.2) is 30.3 Å². The third kappa shape index (κ3) is 5.10. The Balaban J connectivity index is 2.41. The molecule has 0 saturated carbocycles. The molecule has 4 heteroatoms. The normalized spacial score (nSPS) is 12.2. The zero-order valence-electron chi connectivity index (χ0n) is 11.1. The fourth-order valence-electron chi connectivity index (χ4n) is 1.78. The molecule has 100 valence electrons. The van der Waals surface area contributed by atoms with Crippen molar-refractivity contribution in [2.24, 2.45) is 0 Å². The average Bonchev–Trinajstić information content (AvgIpc) is 2.39. The average molecular weight is 266 g/mol. The largest absolute Gasteiger partial charge is 0.345 e. The Morgan fingerprint density at radius 1 is 1.39 bits per heavy atom. The summed E-state index contributed by atoms with van der Waals surface area (Å²) in [6.07, 6.45) is 1.64. The SMILES string of the molecule is CNCCCN(C)C(=O)C(S)Cc1ccccc1. The van der Waals surface area contributed by atoms with E-state index < -0.39 is 0 Å². The first-order valence-electron chi connectivity index (χ1n) is 6.26.